The summed E-state index contributed by atoms with van der Waals surface area (Å²) in [5.41, 5.74) is 0.702. The lowest BCUT2D eigenvalue weighted by Crippen LogP contribution is -2.58. The molecule has 1 nitrogen and oxygen atoms in total. The van der Waals surface area contributed by atoms with Crippen LogP contribution in [0.15, 0.2) is 36.4 Å². The third-order valence-corrected chi connectivity index (χ3v) is 4.74. The van der Waals surface area contributed by atoms with E-state index in [0.717, 1.165) is 29.4 Å². The van der Waals surface area contributed by atoms with Gasteiger partial charge in [0, 0.05) is 23.4 Å². The van der Waals surface area contributed by atoms with Gasteiger partial charge in [-0.15, -0.1) is 11.3 Å². The molecule has 18 heavy (non-hydrogen) atoms. The van der Waals surface area contributed by atoms with Gasteiger partial charge in [-0.2, -0.15) is 0 Å². The maximum Gasteiger partial charge on any atom is 0.127 e. The quantitative estimate of drug-likeness (QED) is 0.906. The zero-order valence-corrected chi connectivity index (χ0v) is 11.3. The Morgan fingerprint density at radius 3 is 2.56 bits per heavy atom. The second-order valence-electron chi connectivity index (χ2n) is 4.75. The molecule has 1 saturated heterocycles. The minimum Gasteiger partial charge on any atom is -0.315 e. The van der Waals surface area contributed by atoms with Gasteiger partial charge in [-0.05, 0) is 30.2 Å². The van der Waals surface area contributed by atoms with Gasteiger partial charge < -0.3 is 5.32 Å². The van der Waals surface area contributed by atoms with Crippen molar-refractivity contribution in [2.75, 3.05) is 13.1 Å². The second kappa shape index (κ2) is 4.65. The Bertz CT molecular complexity index is 562. The van der Waals surface area contributed by atoms with Gasteiger partial charge >= 0.3 is 0 Å². The fourth-order valence-electron chi connectivity index (χ4n) is 2.51. The Labute approximate surface area is 115 Å². The number of benzene rings is 1. The maximum atomic E-state index is 14.0. The minimum absolute atomic E-state index is 0.110. The van der Waals surface area contributed by atoms with Crippen molar-refractivity contribution in [3.63, 3.8) is 0 Å². The van der Waals surface area contributed by atoms with E-state index in [2.05, 4.69) is 5.32 Å². The van der Waals surface area contributed by atoms with Crippen molar-refractivity contribution >= 4 is 22.9 Å². The fraction of sp³-hybridized carbons (Fsp3) is 0.286. The Balaban J connectivity index is 1.93. The zero-order valence-electron chi connectivity index (χ0n) is 9.75. The van der Waals surface area contributed by atoms with E-state index >= 15 is 0 Å². The van der Waals surface area contributed by atoms with Gasteiger partial charge in [0.25, 0.3) is 0 Å². The molecule has 1 N–H and O–H groups in total. The lowest BCUT2D eigenvalue weighted by molar-refractivity contribution is 0.267. The third-order valence-electron chi connectivity index (χ3n) is 3.51. The Kier molecular flexibility index (Phi) is 3.14. The maximum absolute atomic E-state index is 14.0. The van der Waals surface area contributed by atoms with Gasteiger partial charge in [0.05, 0.1) is 4.34 Å². The van der Waals surface area contributed by atoms with Crippen LogP contribution in [0.4, 0.5) is 4.39 Å². The number of rotatable bonds is 3. The van der Waals surface area contributed by atoms with Crippen LogP contribution in [0.2, 0.25) is 4.34 Å². The Hall–Kier alpha value is -0.900. The molecule has 0 amide bonds. The summed E-state index contributed by atoms with van der Waals surface area (Å²) in [4.78, 5) is 1.21. The van der Waals surface area contributed by atoms with E-state index in [1.807, 2.05) is 24.3 Å². The van der Waals surface area contributed by atoms with Crippen LogP contribution < -0.4 is 5.32 Å². The molecule has 0 saturated carbocycles. The van der Waals surface area contributed by atoms with E-state index in [9.17, 15) is 4.39 Å². The van der Waals surface area contributed by atoms with Crippen LogP contribution in [-0.2, 0) is 11.8 Å². The largest absolute Gasteiger partial charge is 0.315 e. The summed E-state index contributed by atoms with van der Waals surface area (Å²) in [7, 11) is 0. The number of hydrogen-bond donors (Lipinski definition) is 1. The molecular weight excluding hydrogens is 269 g/mol. The van der Waals surface area contributed by atoms with Crippen LogP contribution in [-0.4, -0.2) is 13.1 Å². The van der Waals surface area contributed by atoms with Crippen LogP contribution in [0.3, 0.4) is 0 Å². The highest BCUT2D eigenvalue weighted by molar-refractivity contribution is 7.16. The van der Waals surface area contributed by atoms with Gasteiger partial charge in [-0.3, -0.25) is 0 Å². The molecule has 2 aromatic rings. The normalized spacial score (nSPS) is 17.4. The van der Waals surface area contributed by atoms with E-state index in [0.29, 0.717) is 0 Å². The first-order valence-electron chi connectivity index (χ1n) is 5.90. The highest BCUT2D eigenvalue weighted by Crippen LogP contribution is 2.36. The molecule has 3 rings (SSSR count). The van der Waals surface area contributed by atoms with Gasteiger partial charge in [-0.1, -0.05) is 29.8 Å². The van der Waals surface area contributed by atoms with Crippen molar-refractivity contribution in [3.8, 4) is 0 Å². The van der Waals surface area contributed by atoms with Crippen LogP contribution in [0, 0.1) is 5.82 Å². The molecule has 4 heteroatoms. The molecule has 1 fully saturated rings. The molecule has 2 heterocycles. The van der Waals surface area contributed by atoms with Crippen molar-refractivity contribution in [3.05, 3.63) is 57.0 Å². The van der Waals surface area contributed by atoms with Crippen molar-refractivity contribution in [2.24, 2.45) is 0 Å². The summed E-state index contributed by atoms with van der Waals surface area (Å²) in [5.74, 6) is -0.110. The van der Waals surface area contributed by atoms with Crippen molar-refractivity contribution < 1.29 is 4.39 Å². The molecule has 0 bridgehead atoms. The number of hydrogen-bond acceptors (Lipinski definition) is 2. The Morgan fingerprint density at radius 1 is 1.22 bits per heavy atom. The first-order valence-corrected chi connectivity index (χ1v) is 7.09. The fourth-order valence-corrected chi connectivity index (χ4v) is 3.74. The summed E-state index contributed by atoms with van der Waals surface area (Å²) >= 11 is 7.54. The van der Waals surface area contributed by atoms with E-state index in [4.69, 9.17) is 11.6 Å². The van der Waals surface area contributed by atoms with Gasteiger partial charge in [-0.25, -0.2) is 4.39 Å². The van der Waals surface area contributed by atoms with Crippen molar-refractivity contribution in [1.82, 2.24) is 5.32 Å². The molecule has 0 atom stereocenters. The summed E-state index contributed by atoms with van der Waals surface area (Å²) in [6.07, 6.45) is 0.846. The first-order chi connectivity index (χ1) is 8.70. The summed E-state index contributed by atoms with van der Waals surface area (Å²) in [6.45, 7) is 1.65. The van der Waals surface area contributed by atoms with Gasteiger partial charge in [0.2, 0.25) is 0 Å². The van der Waals surface area contributed by atoms with Crippen LogP contribution >= 0.6 is 22.9 Å². The third kappa shape index (κ3) is 2.07. The minimum atomic E-state index is -0.112. The van der Waals surface area contributed by atoms with Gasteiger partial charge in [0.1, 0.15) is 5.82 Å². The molecule has 1 aliphatic heterocycles. The molecule has 0 spiro atoms. The summed E-state index contributed by atoms with van der Waals surface area (Å²) in [5, 5.41) is 3.26. The zero-order chi connectivity index (χ0) is 12.6. The molecule has 0 aliphatic carbocycles. The summed E-state index contributed by atoms with van der Waals surface area (Å²) in [6, 6.07) is 11.0. The molecule has 94 valence electrons. The monoisotopic (exact) mass is 281 g/mol. The van der Waals surface area contributed by atoms with Crippen molar-refractivity contribution in [2.45, 2.75) is 11.8 Å². The average Bonchev–Trinajstić information content (AvgIpc) is 2.71. The van der Waals surface area contributed by atoms with Crippen LogP contribution in [0.5, 0.6) is 0 Å². The highest BCUT2D eigenvalue weighted by Gasteiger charge is 2.40. The second-order valence-corrected chi connectivity index (χ2v) is 6.55. The van der Waals surface area contributed by atoms with E-state index in [1.165, 1.54) is 10.9 Å². The number of thiophene rings is 1. The Morgan fingerprint density at radius 2 is 2.00 bits per heavy atom. The highest BCUT2D eigenvalue weighted by atomic mass is 35.5. The number of halogens is 2. The van der Waals surface area contributed by atoms with E-state index < -0.39 is 0 Å². The first kappa shape index (κ1) is 12.2. The van der Waals surface area contributed by atoms with E-state index in [-0.39, 0.29) is 11.2 Å². The molecule has 1 aromatic heterocycles. The standard InChI is InChI=1S/C14H13ClFNS/c15-13-6-5-10(18-13)7-14(8-17-9-14)11-3-1-2-4-12(11)16/h1-6,17H,7-9H2. The van der Waals surface area contributed by atoms with Gasteiger partial charge in [0.15, 0.2) is 0 Å². The predicted octanol–water partition coefficient (Wildman–Crippen LogP) is 3.62. The number of nitrogens with one attached hydrogen (secondary N) is 1. The average molecular weight is 282 g/mol. The molecule has 1 aromatic carbocycles. The van der Waals surface area contributed by atoms with Crippen LogP contribution in [0.25, 0.3) is 0 Å². The van der Waals surface area contributed by atoms with Crippen molar-refractivity contribution in [1.29, 1.82) is 0 Å². The molecular formula is C14H13ClFNS. The SMILES string of the molecule is Fc1ccccc1C1(Cc2ccc(Cl)s2)CNC1. The molecule has 0 unspecified atom stereocenters. The molecule has 0 radical (unpaired) electrons. The van der Waals surface area contributed by atoms with E-state index in [1.54, 1.807) is 17.4 Å². The topological polar surface area (TPSA) is 12.0 Å². The van der Waals surface area contributed by atoms with Crippen LogP contribution in [0.1, 0.15) is 10.4 Å². The predicted molar refractivity (Wildman–Crippen MR) is 74.0 cm³/mol. The molecule has 1 aliphatic rings. The lowest BCUT2D eigenvalue weighted by Gasteiger charge is -2.43. The lowest BCUT2D eigenvalue weighted by atomic mass is 9.72. The smallest absolute Gasteiger partial charge is 0.127 e. The summed E-state index contributed by atoms with van der Waals surface area (Å²) < 4.78 is 14.8.